The molecule has 5 heteroatoms. The second-order valence-corrected chi connectivity index (χ2v) is 4.33. The van der Waals surface area contributed by atoms with E-state index >= 15 is 0 Å². The molecule has 0 aliphatic carbocycles. The Kier molecular flexibility index (Phi) is 4.85. The Morgan fingerprint density at radius 1 is 1.39 bits per heavy atom. The first-order valence-corrected chi connectivity index (χ1v) is 5.76. The summed E-state index contributed by atoms with van der Waals surface area (Å²) in [6.07, 6.45) is 0. The fraction of sp³-hybridized carbons (Fsp3) is 0.385. The largest absolute Gasteiger partial charge is 0.347 e. The van der Waals surface area contributed by atoms with Crippen molar-refractivity contribution >= 4 is 11.8 Å². The molecule has 18 heavy (non-hydrogen) atoms. The molecule has 98 valence electrons. The quantitative estimate of drug-likeness (QED) is 0.808. The van der Waals surface area contributed by atoms with E-state index in [1.807, 2.05) is 6.07 Å². The van der Waals surface area contributed by atoms with Gasteiger partial charge in [0.25, 0.3) is 5.91 Å². The number of carbonyl (C=O) groups is 2. The summed E-state index contributed by atoms with van der Waals surface area (Å²) in [6, 6.07) is 6.50. The Morgan fingerprint density at radius 3 is 2.61 bits per heavy atom. The van der Waals surface area contributed by atoms with Gasteiger partial charge in [-0.05, 0) is 24.6 Å². The maximum absolute atomic E-state index is 11.9. The molecule has 1 rings (SSSR count). The van der Waals surface area contributed by atoms with Crippen molar-refractivity contribution in [2.45, 2.75) is 19.5 Å². The Balaban J connectivity index is 2.73. The molecule has 0 saturated carbocycles. The van der Waals surface area contributed by atoms with Crippen molar-refractivity contribution in [3.63, 3.8) is 0 Å². The smallest absolute Gasteiger partial charge is 0.251 e. The van der Waals surface area contributed by atoms with Crippen LogP contribution >= 0.6 is 0 Å². The lowest BCUT2D eigenvalue weighted by Gasteiger charge is -2.18. The van der Waals surface area contributed by atoms with Gasteiger partial charge in [0.1, 0.15) is 6.04 Å². The van der Waals surface area contributed by atoms with Gasteiger partial charge in [-0.3, -0.25) is 9.59 Å². The standard InChI is InChI=1S/C13H19N3O2/c1-9(13(18)16(2)3)15-12(17)11-6-4-5-10(7-11)8-14/h4-7,9H,8,14H2,1-3H3,(H,15,17). The van der Waals surface area contributed by atoms with E-state index in [0.29, 0.717) is 12.1 Å². The highest BCUT2D eigenvalue weighted by Crippen LogP contribution is 2.05. The minimum absolute atomic E-state index is 0.140. The highest BCUT2D eigenvalue weighted by molar-refractivity contribution is 5.97. The number of nitrogens with two attached hydrogens (primary N) is 1. The van der Waals surface area contributed by atoms with Crippen LogP contribution in [-0.4, -0.2) is 36.9 Å². The number of amides is 2. The lowest BCUT2D eigenvalue weighted by molar-refractivity contribution is -0.130. The molecule has 0 aromatic heterocycles. The third-order valence-corrected chi connectivity index (χ3v) is 2.58. The summed E-state index contributed by atoms with van der Waals surface area (Å²) >= 11 is 0. The van der Waals surface area contributed by atoms with Crippen LogP contribution in [0.1, 0.15) is 22.8 Å². The number of benzene rings is 1. The third kappa shape index (κ3) is 3.56. The second-order valence-electron chi connectivity index (χ2n) is 4.33. The summed E-state index contributed by atoms with van der Waals surface area (Å²) in [5.74, 6) is -0.411. The number of hydrogen-bond donors (Lipinski definition) is 2. The van der Waals surface area contributed by atoms with Crippen molar-refractivity contribution in [3.8, 4) is 0 Å². The fourth-order valence-electron chi connectivity index (χ4n) is 1.57. The Labute approximate surface area is 107 Å². The predicted octanol–water partition coefficient (Wildman–Crippen LogP) is 0.352. The van der Waals surface area contributed by atoms with E-state index in [-0.39, 0.29) is 11.8 Å². The average molecular weight is 249 g/mol. The molecule has 1 atom stereocenters. The van der Waals surface area contributed by atoms with Crippen molar-refractivity contribution in [2.75, 3.05) is 14.1 Å². The van der Waals surface area contributed by atoms with Gasteiger partial charge in [0.2, 0.25) is 5.91 Å². The van der Waals surface area contributed by atoms with Crippen molar-refractivity contribution in [1.29, 1.82) is 0 Å². The molecular formula is C13H19N3O2. The van der Waals surface area contributed by atoms with Crippen LogP contribution in [0.15, 0.2) is 24.3 Å². The molecule has 0 bridgehead atoms. The first-order valence-electron chi connectivity index (χ1n) is 5.76. The summed E-state index contributed by atoms with van der Waals surface area (Å²) in [5, 5.41) is 2.66. The lowest BCUT2D eigenvalue weighted by Crippen LogP contribution is -2.44. The zero-order valence-corrected chi connectivity index (χ0v) is 10.9. The number of hydrogen-bond acceptors (Lipinski definition) is 3. The average Bonchev–Trinajstić information content (AvgIpc) is 2.37. The minimum atomic E-state index is -0.547. The van der Waals surface area contributed by atoms with Crippen molar-refractivity contribution in [1.82, 2.24) is 10.2 Å². The van der Waals surface area contributed by atoms with Gasteiger partial charge < -0.3 is 16.0 Å². The SMILES string of the molecule is CC(NC(=O)c1cccc(CN)c1)C(=O)N(C)C. The predicted molar refractivity (Wildman–Crippen MR) is 70.0 cm³/mol. The van der Waals surface area contributed by atoms with E-state index in [2.05, 4.69) is 5.32 Å². The van der Waals surface area contributed by atoms with Crippen molar-refractivity contribution in [3.05, 3.63) is 35.4 Å². The normalized spacial score (nSPS) is 11.8. The van der Waals surface area contributed by atoms with E-state index in [1.54, 1.807) is 39.2 Å². The molecule has 3 N–H and O–H groups in total. The zero-order valence-electron chi connectivity index (χ0n) is 10.9. The maximum atomic E-state index is 11.9. The van der Waals surface area contributed by atoms with Gasteiger partial charge in [0.15, 0.2) is 0 Å². The molecular weight excluding hydrogens is 230 g/mol. The summed E-state index contributed by atoms with van der Waals surface area (Å²) in [5.41, 5.74) is 6.91. The van der Waals surface area contributed by atoms with Crippen LogP contribution in [0.25, 0.3) is 0 Å². The number of nitrogens with one attached hydrogen (secondary N) is 1. The second kappa shape index (κ2) is 6.16. The topological polar surface area (TPSA) is 75.4 Å². The van der Waals surface area contributed by atoms with Gasteiger partial charge in [-0.15, -0.1) is 0 Å². The monoisotopic (exact) mass is 249 g/mol. The van der Waals surface area contributed by atoms with Gasteiger partial charge in [-0.25, -0.2) is 0 Å². The maximum Gasteiger partial charge on any atom is 0.251 e. The molecule has 0 aliphatic heterocycles. The van der Waals surface area contributed by atoms with Crippen molar-refractivity contribution < 1.29 is 9.59 Å². The lowest BCUT2D eigenvalue weighted by atomic mass is 10.1. The number of likely N-dealkylation sites (N-methyl/N-ethyl adjacent to an activating group) is 1. The zero-order chi connectivity index (χ0) is 13.7. The van der Waals surface area contributed by atoms with Crippen LogP contribution in [-0.2, 0) is 11.3 Å². The van der Waals surface area contributed by atoms with E-state index < -0.39 is 6.04 Å². The molecule has 0 heterocycles. The summed E-state index contributed by atoms with van der Waals surface area (Å²) in [4.78, 5) is 25.0. The van der Waals surface area contributed by atoms with Crippen molar-refractivity contribution in [2.24, 2.45) is 5.73 Å². The van der Waals surface area contributed by atoms with Crippen LogP contribution in [0.2, 0.25) is 0 Å². The highest BCUT2D eigenvalue weighted by Gasteiger charge is 2.17. The molecule has 0 saturated heterocycles. The van der Waals surface area contributed by atoms with E-state index in [1.165, 1.54) is 4.90 Å². The summed E-state index contributed by atoms with van der Waals surface area (Å²) in [6.45, 7) is 2.04. The number of carbonyl (C=O) groups excluding carboxylic acids is 2. The van der Waals surface area contributed by atoms with Crippen LogP contribution < -0.4 is 11.1 Å². The summed E-state index contributed by atoms with van der Waals surface area (Å²) < 4.78 is 0. The number of nitrogens with zero attached hydrogens (tertiary/aromatic N) is 1. The van der Waals surface area contributed by atoms with Gasteiger partial charge in [0.05, 0.1) is 0 Å². The molecule has 0 aliphatic rings. The minimum Gasteiger partial charge on any atom is -0.347 e. The third-order valence-electron chi connectivity index (χ3n) is 2.58. The van der Waals surface area contributed by atoms with Crippen LogP contribution in [0.5, 0.6) is 0 Å². The molecule has 0 radical (unpaired) electrons. The van der Waals surface area contributed by atoms with E-state index in [0.717, 1.165) is 5.56 Å². The Bertz CT molecular complexity index is 444. The van der Waals surface area contributed by atoms with Gasteiger partial charge in [0, 0.05) is 26.2 Å². The number of rotatable bonds is 4. The molecule has 1 aromatic rings. The van der Waals surface area contributed by atoms with Gasteiger partial charge in [-0.1, -0.05) is 12.1 Å². The Morgan fingerprint density at radius 2 is 2.06 bits per heavy atom. The molecule has 1 aromatic carbocycles. The van der Waals surface area contributed by atoms with Crippen LogP contribution in [0.3, 0.4) is 0 Å². The molecule has 1 unspecified atom stereocenters. The highest BCUT2D eigenvalue weighted by atomic mass is 16.2. The van der Waals surface area contributed by atoms with Gasteiger partial charge in [-0.2, -0.15) is 0 Å². The van der Waals surface area contributed by atoms with E-state index in [9.17, 15) is 9.59 Å². The molecule has 5 nitrogen and oxygen atoms in total. The summed E-state index contributed by atoms with van der Waals surface area (Å²) in [7, 11) is 3.31. The molecule has 0 spiro atoms. The van der Waals surface area contributed by atoms with Gasteiger partial charge >= 0.3 is 0 Å². The van der Waals surface area contributed by atoms with Crippen LogP contribution in [0, 0.1) is 0 Å². The fourth-order valence-corrected chi connectivity index (χ4v) is 1.57. The van der Waals surface area contributed by atoms with E-state index in [4.69, 9.17) is 5.73 Å². The first kappa shape index (κ1) is 14.2. The first-order chi connectivity index (χ1) is 8.45. The van der Waals surface area contributed by atoms with Crippen LogP contribution in [0.4, 0.5) is 0 Å². The Hall–Kier alpha value is -1.88. The molecule has 0 fully saturated rings. The molecule has 2 amide bonds.